The van der Waals surface area contributed by atoms with Crippen LogP contribution in [0.5, 0.6) is 5.75 Å². The van der Waals surface area contributed by atoms with Crippen LogP contribution in [-0.2, 0) is 11.2 Å². The van der Waals surface area contributed by atoms with Gasteiger partial charge in [0.25, 0.3) is 0 Å². The third-order valence-electron chi connectivity index (χ3n) is 3.58. The second-order valence-electron chi connectivity index (χ2n) is 5.32. The van der Waals surface area contributed by atoms with Crippen molar-refractivity contribution in [3.05, 3.63) is 29.3 Å². The van der Waals surface area contributed by atoms with Crippen LogP contribution in [0.1, 0.15) is 35.7 Å². The zero-order chi connectivity index (χ0) is 17.0. The smallest absolute Gasteiger partial charge is 0.534 e. The highest BCUT2D eigenvalue weighted by molar-refractivity contribution is 6.47. The molecule has 0 saturated heterocycles. The molecular weight excluding hydrogens is 303 g/mol. The fourth-order valence-corrected chi connectivity index (χ4v) is 2.34. The molecule has 0 spiro atoms. The number of benzene rings is 1. The van der Waals surface area contributed by atoms with Gasteiger partial charge in [-0.05, 0) is 31.4 Å². The number of para-hydroxylation sites is 1. The average Bonchev–Trinajstić information content (AvgIpc) is 2.52. The van der Waals surface area contributed by atoms with Crippen LogP contribution in [0.3, 0.4) is 0 Å². The van der Waals surface area contributed by atoms with E-state index in [4.69, 9.17) is 15.0 Å². The molecule has 9 heteroatoms. The number of carbonyl (C=O) groups excluding carboxylic acids is 1. The minimum atomic E-state index is -1.33. The van der Waals surface area contributed by atoms with Crippen LogP contribution < -0.4 is 9.97 Å². The second-order valence-corrected chi connectivity index (χ2v) is 5.32. The minimum Gasteiger partial charge on any atom is -0.534 e. The SMILES string of the molecule is CC(CCC(=O)N[C@H]1Cc2cccc(C(=O)O)c2OB1O)=NO. The van der Waals surface area contributed by atoms with Gasteiger partial charge < -0.3 is 25.3 Å². The Bertz CT molecular complexity index is 648. The lowest BCUT2D eigenvalue weighted by atomic mass is 9.72. The molecule has 0 aromatic heterocycles. The van der Waals surface area contributed by atoms with E-state index in [1.165, 1.54) is 6.07 Å². The summed E-state index contributed by atoms with van der Waals surface area (Å²) in [5.74, 6) is -2.01. The van der Waals surface area contributed by atoms with Crippen molar-refractivity contribution in [2.75, 3.05) is 0 Å². The van der Waals surface area contributed by atoms with Crippen molar-refractivity contribution < 1.29 is 29.6 Å². The van der Waals surface area contributed by atoms with Crippen LogP contribution in [0.2, 0.25) is 0 Å². The van der Waals surface area contributed by atoms with Gasteiger partial charge in [-0.3, -0.25) is 4.79 Å². The Hall–Kier alpha value is -2.55. The highest BCUT2D eigenvalue weighted by atomic mass is 16.5. The molecule has 4 N–H and O–H groups in total. The summed E-state index contributed by atoms with van der Waals surface area (Å²) in [6.45, 7) is 1.59. The molecule has 1 aliphatic heterocycles. The van der Waals surface area contributed by atoms with Gasteiger partial charge in [0.1, 0.15) is 5.75 Å². The van der Waals surface area contributed by atoms with Gasteiger partial charge in [-0.15, -0.1) is 0 Å². The first-order valence-electron chi connectivity index (χ1n) is 7.09. The maximum absolute atomic E-state index is 11.9. The Balaban J connectivity index is 2.06. The fraction of sp³-hybridized carbons (Fsp3) is 0.357. The first-order valence-corrected chi connectivity index (χ1v) is 7.09. The topological polar surface area (TPSA) is 128 Å². The maximum atomic E-state index is 11.9. The molecule has 8 nitrogen and oxygen atoms in total. The molecule has 0 saturated carbocycles. The number of nitrogens with one attached hydrogen (secondary N) is 1. The van der Waals surface area contributed by atoms with Crippen LogP contribution >= 0.6 is 0 Å². The van der Waals surface area contributed by atoms with Crippen LogP contribution in [0.15, 0.2) is 23.4 Å². The summed E-state index contributed by atoms with van der Waals surface area (Å²) < 4.78 is 5.28. The zero-order valence-corrected chi connectivity index (χ0v) is 12.5. The Morgan fingerprint density at radius 1 is 1.43 bits per heavy atom. The molecule has 0 aliphatic carbocycles. The summed E-state index contributed by atoms with van der Waals surface area (Å²) in [6, 6.07) is 4.67. The summed E-state index contributed by atoms with van der Waals surface area (Å²) in [4.78, 5) is 23.0. The minimum absolute atomic E-state index is 0.0268. The number of oxime groups is 1. The number of nitrogens with zero attached hydrogens (tertiary/aromatic N) is 1. The first-order chi connectivity index (χ1) is 10.9. The molecule has 1 atom stereocenters. The highest BCUT2D eigenvalue weighted by Crippen LogP contribution is 2.30. The number of rotatable bonds is 5. The van der Waals surface area contributed by atoms with Gasteiger partial charge in [0, 0.05) is 6.42 Å². The molecular formula is C14H17BN2O6. The van der Waals surface area contributed by atoms with Crippen LogP contribution in [0.4, 0.5) is 0 Å². The van der Waals surface area contributed by atoms with E-state index in [0.717, 1.165) is 0 Å². The lowest BCUT2D eigenvalue weighted by molar-refractivity contribution is -0.121. The fourth-order valence-electron chi connectivity index (χ4n) is 2.34. The third-order valence-corrected chi connectivity index (χ3v) is 3.58. The van der Waals surface area contributed by atoms with Crippen molar-refractivity contribution in [1.82, 2.24) is 5.32 Å². The molecule has 0 unspecified atom stereocenters. The van der Waals surface area contributed by atoms with E-state index in [2.05, 4.69) is 10.5 Å². The average molecular weight is 320 g/mol. The van der Waals surface area contributed by atoms with E-state index in [9.17, 15) is 14.6 Å². The number of carbonyl (C=O) groups is 2. The number of hydrogen-bond donors (Lipinski definition) is 4. The largest absolute Gasteiger partial charge is 0.547 e. The van der Waals surface area contributed by atoms with E-state index in [-0.39, 0.29) is 30.1 Å². The van der Waals surface area contributed by atoms with Crippen molar-refractivity contribution in [1.29, 1.82) is 0 Å². The van der Waals surface area contributed by atoms with Gasteiger partial charge in [0.05, 0.1) is 17.2 Å². The van der Waals surface area contributed by atoms with Crippen molar-refractivity contribution in [3.8, 4) is 5.75 Å². The second kappa shape index (κ2) is 7.14. The third kappa shape index (κ3) is 4.01. The lowest BCUT2D eigenvalue weighted by Crippen LogP contribution is -2.53. The van der Waals surface area contributed by atoms with E-state index < -0.39 is 19.0 Å². The monoisotopic (exact) mass is 320 g/mol. The molecule has 1 aliphatic rings. The summed E-state index contributed by atoms with van der Waals surface area (Å²) in [7, 11) is -1.33. The summed E-state index contributed by atoms with van der Waals surface area (Å²) in [5.41, 5.74) is 1.01. The van der Waals surface area contributed by atoms with Crippen molar-refractivity contribution in [2.24, 2.45) is 5.16 Å². The van der Waals surface area contributed by atoms with Gasteiger partial charge >= 0.3 is 13.1 Å². The molecule has 1 amide bonds. The molecule has 1 heterocycles. The Morgan fingerprint density at radius 2 is 2.17 bits per heavy atom. The number of carboxylic acids is 1. The van der Waals surface area contributed by atoms with Gasteiger partial charge in [-0.25, -0.2) is 4.79 Å². The summed E-state index contributed by atoms with van der Waals surface area (Å²) in [6.07, 6.45) is 0.670. The molecule has 0 fully saturated rings. The van der Waals surface area contributed by atoms with Gasteiger partial charge in [-0.2, -0.15) is 0 Å². The number of amides is 1. The van der Waals surface area contributed by atoms with Crippen LogP contribution in [-0.4, -0.2) is 46.0 Å². The van der Waals surface area contributed by atoms with Crippen molar-refractivity contribution >= 4 is 24.7 Å². The maximum Gasteiger partial charge on any atom is 0.547 e. The van der Waals surface area contributed by atoms with Crippen LogP contribution in [0.25, 0.3) is 0 Å². The molecule has 1 aromatic rings. The van der Waals surface area contributed by atoms with Gasteiger partial charge in [0.2, 0.25) is 5.91 Å². The Kier molecular flexibility index (Phi) is 5.22. The molecule has 1 aromatic carbocycles. The van der Waals surface area contributed by atoms with E-state index in [1.54, 1.807) is 19.1 Å². The number of aromatic carboxylic acids is 1. The number of carboxylic acid groups (broad SMARTS) is 1. The van der Waals surface area contributed by atoms with E-state index >= 15 is 0 Å². The van der Waals surface area contributed by atoms with Crippen LogP contribution in [0, 0.1) is 0 Å². The molecule has 0 radical (unpaired) electrons. The highest BCUT2D eigenvalue weighted by Gasteiger charge is 2.37. The predicted molar refractivity (Wildman–Crippen MR) is 81.8 cm³/mol. The quantitative estimate of drug-likeness (QED) is 0.270. The first kappa shape index (κ1) is 16.8. The zero-order valence-electron chi connectivity index (χ0n) is 12.5. The number of hydrogen-bond acceptors (Lipinski definition) is 6. The molecule has 122 valence electrons. The van der Waals surface area contributed by atoms with Gasteiger partial charge in [0.15, 0.2) is 0 Å². The summed E-state index contributed by atoms with van der Waals surface area (Å²) >= 11 is 0. The predicted octanol–water partition coefficient (Wildman–Crippen LogP) is 0.454. The summed E-state index contributed by atoms with van der Waals surface area (Å²) in [5, 5.41) is 33.3. The normalized spacial score (nSPS) is 17.2. The van der Waals surface area contributed by atoms with E-state index in [1.807, 2.05) is 0 Å². The van der Waals surface area contributed by atoms with Gasteiger partial charge in [-0.1, -0.05) is 17.3 Å². The standard InChI is InChI=1S/C14H17BN2O6/c1-8(17-22)5-6-12(18)16-11-7-9-3-2-4-10(14(19)20)13(9)23-15(11)21/h2-4,11,21-22H,5-7H2,1H3,(H,16,18)(H,19,20)/t11-/m0/s1. The Labute approximate surface area is 132 Å². The molecule has 2 rings (SSSR count). The number of fused-ring (bicyclic) bond motifs is 1. The van der Waals surface area contributed by atoms with Crippen molar-refractivity contribution in [2.45, 2.75) is 32.1 Å². The lowest BCUT2D eigenvalue weighted by Gasteiger charge is -2.28. The molecule has 23 heavy (non-hydrogen) atoms. The van der Waals surface area contributed by atoms with E-state index in [0.29, 0.717) is 17.7 Å². The Morgan fingerprint density at radius 3 is 2.83 bits per heavy atom. The molecule has 0 bridgehead atoms. The van der Waals surface area contributed by atoms with Crippen molar-refractivity contribution in [3.63, 3.8) is 0 Å².